The van der Waals surface area contributed by atoms with Crippen molar-refractivity contribution in [3.8, 4) is 5.88 Å². The molecule has 40 heavy (non-hydrogen) atoms. The molecular weight excluding hydrogens is 518 g/mol. The number of primary amides is 1. The summed E-state index contributed by atoms with van der Waals surface area (Å²) in [5, 5.41) is 9.99. The van der Waals surface area contributed by atoms with E-state index in [1.54, 1.807) is 6.92 Å². The number of fused-ring (bicyclic) bond motifs is 2. The van der Waals surface area contributed by atoms with Crippen molar-refractivity contribution in [1.29, 1.82) is 0 Å². The molecule has 6 rings (SSSR count). The Balaban J connectivity index is 1.42. The summed E-state index contributed by atoms with van der Waals surface area (Å²) < 4.78 is 68.2. The van der Waals surface area contributed by atoms with Crippen molar-refractivity contribution in [2.24, 2.45) is 18.6 Å². The third-order valence-corrected chi connectivity index (χ3v) is 7.78. The van der Waals surface area contributed by atoms with Crippen LogP contribution < -0.4 is 26.8 Å². The molecule has 4 N–H and O–H groups in total. The summed E-state index contributed by atoms with van der Waals surface area (Å²) >= 11 is 0. The van der Waals surface area contributed by atoms with Crippen LogP contribution in [0.1, 0.15) is 48.2 Å². The summed E-state index contributed by atoms with van der Waals surface area (Å²) in [6.45, 7) is -1.04. The van der Waals surface area contributed by atoms with Gasteiger partial charge < -0.3 is 25.8 Å². The fraction of sp³-hybridized carbons (Fsp3) is 0.462. The van der Waals surface area contributed by atoms with E-state index in [0.29, 0.717) is 17.4 Å². The number of hydrogen-bond acceptors (Lipinski definition) is 9. The van der Waals surface area contributed by atoms with Crippen molar-refractivity contribution >= 4 is 45.7 Å². The molecule has 2 saturated carbocycles. The van der Waals surface area contributed by atoms with Crippen LogP contribution in [-0.2, 0) is 22.0 Å². The quantitative estimate of drug-likeness (QED) is 0.307. The number of rotatable bonds is 7. The van der Waals surface area contributed by atoms with E-state index in [9.17, 15) is 14.4 Å². The molecule has 210 valence electrons. The highest BCUT2D eigenvalue weighted by molar-refractivity contribution is 5.91. The van der Waals surface area contributed by atoms with Crippen molar-refractivity contribution in [3.63, 3.8) is 0 Å². The molecule has 0 spiro atoms. The number of alkyl carbamates (subject to hydrolysis) is 1. The van der Waals surface area contributed by atoms with Crippen molar-refractivity contribution in [1.82, 2.24) is 34.2 Å². The largest absolute Gasteiger partial charge is 0.479 e. The lowest BCUT2D eigenvalue weighted by atomic mass is 10.2. The maximum Gasteiger partial charge on any atom is 0.407 e. The molecule has 2 amide bonds. The Hall–Kier alpha value is -4.62. The van der Waals surface area contributed by atoms with Gasteiger partial charge in [0.1, 0.15) is 17.2 Å². The molecule has 0 radical (unpaired) electrons. The molecule has 4 heterocycles. The number of carbonyl (C=O) groups excluding carboxylic acids is 2. The first-order valence-electron chi connectivity index (χ1n) is 16.0. The molecular formula is C26H31N9O5. The normalized spacial score (nSPS) is 28.9. The Morgan fingerprint density at radius 3 is 2.80 bits per heavy atom. The zero-order valence-electron chi connectivity index (χ0n) is 28.6. The minimum absolute atomic E-state index is 0.0100. The van der Waals surface area contributed by atoms with E-state index >= 15 is 0 Å². The van der Waals surface area contributed by atoms with E-state index in [0.717, 1.165) is 0 Å². The number of nitrogens with one attached hydrogen (secondary N) is 2. The number of anilines is 2. The first-order chi connectivity index (χ1) is 21.9. The van der Waals surface area contributed by atoms with Gasteiger partial charge in [-0.05, 0) is 43.7 Å². The van der Waals surface area contributed by atoms with E-state index in [1.807, 2.05) is 0 Å². The van der Waals surface area contributed by atoms with Gasteiger partial charge in [-0.2, -0.15) is 0 Å². The van der Waals surface area contributed by atoms with Gasteiger partial charge in [-0.1, -0.05) is 6.92 Å². The molecule has 0 saturated heterocycles. The van der Waals surface area contributed by atoms with Crippen LogP contribution in [0.3, 0.4) is 0 Å². The van der Waals surface area contributed by atoms with Gasteiger partial charge in [-0.25, -0.2) is 24.2 Å². The molecule has 2 aliphatic rings. The van der Waals surface area contributed by atoms with Crippen molar-refractivity contribution in [3.05, 3.63) is 34.9 Å². The standard InChI is InChI=1S/C26H31N9O5/c1-13-11-26(13,23(27)36)35-21-16(22(32-35)39-3)7-8-19(31-21)30-20-10-17-18(12-28-20)33(2)25(38)34(17)15-6-5-14(9-15)29-24(37)40-4/h7-8,10,12-15H,5-6,9,11H2,1-4H3,(H2,27,36)(H,29,37)(H,28,30,31)/i2D3,3D3,14D. The second-order valence-electron chi connectivity index (χ2n) is 10.1. The highest BCUT2D eigenvalue weighted by Gasteiger charge is 2.60. The number of nitrogens with two attached hydrogens (primary N) is 1. The maximum atomic E-state index is 13.6. The first kappa shape index (κ1) is 18.6. The molecule has 4 aromatic rings. The number of amides is 2. The minimum Gasteiger partial charge on any atom is -0.479 e. The fourth-order valence-electron chi connectivity index (χ4n) is 5.57. The number of pyridine rings is 2. The Morgan fingerprint density at radius 2 is 2.10 bits per heavy atom. The molecule has 14 nitrogen and oxygen atoms in total. The molecule has 4 atom stereocenters. The van der Waals surface area contributed by atoms with Crippen LogP contribution in [0.2, 0.25) is 0 Å². The zero-order chi connectivity index (χ0) is 34.3. The summed E-state index contributed by atoms with van der Waals surface area (Å²) in [5.74, 6) is -0.762. The third kappa shape index (κ3) is 3.85. The average Bonchev–Trinajstić information content (AvgIpc) is 3.19. The highest BCUT2D eigenvalue weighted by Crippen LogP contribution is 2.51. The number of hydrogen-bond donors (Lipinski definition) is 3. The number of methoxy groups -OCH3 is 2. The van der Waals surface area contributed by atoms with Gasteiger partial charge in [0.25, 0.3) is 0 Å². The van der Waals surface area contributed by atoms with Crippen LogP contribution in [0, 0.1) is 5.92 Å². The maximum absolute atomic E-state index is 13.6. The second kappa shape index (κ2) is 9.24. The fourth-order valence-corrected chi connectivity index (χ4v) is 5.57. The van der Waals surface area contributed by atoms with E-state index < -0.39 is 49.3 Å². The molecule has 4 aromatic heterocycles. The lowest BCUT2D eigenvalue weighted by Crippen LogP contribution is -2.36. The van der Waals surface area contributed by atoms with Crippen molar-refractivity contribution in [2.75, 3.05) is 19.5 Å². The molecule has 2 fully saturated rings. The number of carbonyl (C=O) groups is 2. The summed E-state index contributed by atoms with van der Waals surface area (Å²) in [5.41, 5.74) is 4.05. The molecule has 0 bridgehead atoms. The predicted molar refractivity (Wildman–Crippen MR) is 146 cm³/mol. The van der Waals surface area contributed by atoms with Crippen LogP contribution in [0.15, 0.2) is 29.2 Å². The van der Waals surface area contributed by atoms with Gasteiger partial charge in [0.15, 0.2) is 5.65 Å². The Kier molecular flexibility index (Phi) is 4.30. The summed E-state index contributed by atoms with van der Waals surface area (Å²) in [7, 11) is -1.65. The van der Waals surface area contributed by atoms with Gasteiger partial charge in [-0.15, -0.1) is 5.10 Å². The molecule has 4 unspecified atom stereocenters. The zero-order valence-corrected chi connectivity index (χ0v) is 21.6. The topological polar surface area (TPSA) is 173 Å². The Labute approximate surface area is 238 Å². The van der Waals surface area contributed by atoms with Crippen LogP contribution in [0.4, 0.5) is 16.4 Å². The van der Waals surface area contributed by atoms with Gasteiger partial charge >= 0.3 is 11.8 Å². The number of nitrogens with zero attached hydrogens (tertiary/aromatic N) is 6. The highest BCUT2D eigenvalue weighted by atomic mass is 16.5. The van der Waals surface area contributed by atoms with Gasteiger partial charge in [0, 0.05) is 29.2 Å². The lowest BCUT2D eigenvalue weighted by Gasteiger charge is -2.15. The number of imidazole rings is 1. The number of ether oxygens (including phenoxy) is 2. The molecule has 2 aliphatic carbocycles. The van der Waals surface area contributed by atoms with Crippen LogP contribution >= 0.6 is 0 Å². The summed E-state index contributed by atoms with van der Waals surface area (Å²) in [6.07, 6.45) is 1.28. The van der Waals surface area contributed by atoms with E-state index in [-0.39, 0.29) is 58.3 Å². The summed E-state index contributed by atoms with van der Waals surface area (Å²) in [4.78, 5) is 46.8. The minimum atomic E-state index is -2.84. The Morgan fingerprint density at radius 1 is 1.27 bits per heavy atom. The van der Waals surface area contributed by atoms with Crippen LogP contribution in [0.5, 0.6) is 5.88 Å². The SMILES string of the molecule is [2H]C1(NC(=O)OC)CCC(n2c(=O)n(C([2H])([2H])[2H])c3cnc(Nc4ccc5c(OC([2H])([2H])[2H])nn(C6(C(N)=O)CC6C)c5n4)cc32)C1. The van der Waals surface area contributed by atoms with E-state index in [4.69, 9.17) is 20.1 Å². The second-order valence-corrected chi connectivity index (χ2v) is 10.1. The average molecular weight is 557 g/mol. The monoisotopic (exact) mass is 556 g/mol. The molecule has 14 heteroatoms. The third-order valence-electron chi connectivity index (χ3n) is 7.78. The smallest absolute Gasteiger partial charge is 0.407 e. The number of aryl methyl sites for hydroxylation is 1. The molecule has 0 aliphatic heterocycles. The van der Waals surface area contributed by atoms with E-state index in [2.05, 4.69) is 30.4 Å². The van der Waals surface area contributed by atoms with Crippen LogP contribution in [0.25, 0.3) is 22.1 Å². The summed E-state index contributed by atoms with van der Waals surface area (Å²) in [6, 6.07) is 2.41. The predicted octanol–water partition coefficient (Wildman–Crippen LogP) is 1.90. The Bertz CT molecular complexity index is 1990. The lowest BCUT2D eigenvalue weighted by molar-refractivity contribution is -0.123. The van der Waals surface area contributed by atoms with Gasteiger partial charge in [0.05, 0.1) is 42.2 Å². The van der Waals surface area contributed by atoms with E-state index in [1.165, 1.54) is 40.8 Å². The first-order valence-corrected chi connectivity index (χ1v) is 12.5. The van der Waals surface area contributed by atoms with Gasteiger partial charge in [-0.3, -0.25) is 13.9 Å². The van der Waals surface area contributed by atoms with Crippen LogP contribution in [-0.4, -0.2) is 61.0 Å². The van der Waals surface area contributed by atoms with Gasteiger partial charge in [0.2, 0.25) is 11.8 Å². The van der Waals surface area contributed by atoms with Crippen molar-refractivity contribution in [2.45, 2.75) is 50.2 Å². The van der Waals surface area contributed by atoms with Crippen molar-refractivity contribution < 1.29 is 28.7 Å². The molecule has 0 aromatic carbocycles. The number of aromatic nitrogens is 6.